The minimum absolute atomic E-state index is 0.294. The number of thiophene rings is 1. The van der Waals surface area contributed by atoms with Crippen LogP contribution in [0.5, 0.6) is 0 Å². The first kappa shape index (κ1) is 12.4. The second-order valence-electron chi connectivity index (χ2n) is 6.39. The average Bonchev–Trinajstić information content (AvgIpc) is 2.86. The van der Waals surface area contributed by atoms with E-state index in [0.29, 0.717) is 11.7 Å². The highest BCUT2D eigenvalue weighted by Gasteiger charge is 2.31. The number of aryl methyl sites for hydroxylation is 2. The highest BCUT2D eigenvalue weighted by atomic mass is 32.1. The van der Waals surface area contributed by atoms with Gasteiger partial charge in [-0.05, 0) is 62.0 Å². The summed E-state index contributed by atoms with van der Waals surface area (Å²) < 4.78 is 0. The summed E-state index contributed by atoms with van der Waals surface area (Å²) in [4.78, 5) is 15.1. The van der Waals surface area contributed by atoms with Crippen LogP contribution < -0.4 is 0 Å². The summed E-state index contributed by atoms with van der Waals surface area (Å²) in [6.45, 7) is 4.59. The van der Waals surface area contributed by atoms with Crippen LogP contribution in [-0.2, 0) is 12.8 Å². The Morgan fingerprint density at radius 1 is 1.17 bits per heavy atom. The van der Waals surface area contributed by atoms with Gasteiger partial charge in [0.15, 0.2) is 5.78 Å². The molecule has 2 atom stereocenters. The van der Waals surface area contributed by atoms with Gasteiger partial charge in [-0.15, -0.1) is 11.3 Å². The minimum Gasteiger partial charge on any atom is -0.293 e. The van der Waals surface area contributed by atoms with Crippen molar-refractivity contribution >= 4 is 17.1 Å². The molecular formula is C16H22OS. The number of hydrogen-bond donors (Lipinski definition) is 0. The first-order valence-electron chi connectivity index (χ1n) is 7.29. The summed E-state index contributed by atoms with van der Waals surface area (Å²) in [6, 6.07) is 2.19. The molecule has 98 valence electrons. The van der Waals surface area contributed by atoms with Gasteiger partial charge in [0.1, 0.15) is 0 Å². The lowest BCUT2D eigenvalue weighted by atomic mass is 9.75. The van der Waals surface area contributed by atoms with Gasteiger partial charge in [0.05, 0.1) is 4.88 Å². The van der Waals surface area contributed by atoms with Gasteiger partial charge in [0, 0.05) is 10.8 Å². The molecule has 1 saturated carbocycles. The van der Waals surface area contributed by atoms with Crippen LogP contribution in [0.3, 0.4) is 0 Å². The number of carbonyl (C=O) groups excluding carboxylic acids is 1. The Hall–Kier alpha value is -0.630. The quantitative estimate of drug-likeness (QED) is 0.718. The second kappa shape index (κ2) is 4.80. The molecular weight excluding hydrogens is 240 g/mol. The maximum absolute atomic E-state index is 12.6. The Bertz CT molecular complexity index is 428. The van der Waals surface area contributed by atoms with E-state index in [1.54, 1.807) is 11.3 Å². The van der Waals surface area contributed by atoms with E-state index in [9.17, 15) is 4.79 Å². The Morgan fingerprint density at radius 3 is 2.56 bits per heavy atom. The summed E-state index contributed by atoms with van der Waals surface area (Å²) in [5.41, 5.74) is 1.46. The Morgan fingerprint density at radius 2 is 1.89 bits per heavy atom. The molecule has 1 aromatic rings. The van der Waals surface area contributed by atoms with E-state index in [1.165, 1.54) is 36.1 Å². The molecule has 2 unspecified atom stereocenters. The van der Waals surface area contributed by atoms with Crippen molar-refractivity contribution in [3.05, 3.63) is 21.4 Å². The van der Waals surface area contributed by atoms with Gasteiger partial charge < -0.3 is 0 Å². The zero-order valence-corrected chi connectivity index (χ0v) is 12.2. The molecule has 0 spiro atoms. The van der Waals surface area contributed by atoms with Crippen molar-refractivity contribution in [1.82, 2.24) is 0 Å². The third-order valence-corrected chi connectivity index (χ3v) is 5.79. The van der Waals surface area contributed by atoms with Crippen LogP contribution in [0, 0.1) is 17.8 Å². The maximum Gasteiger partial charge on any atom is 0.175 e. The van der Waals surface area contributed by atoms with Crippen molar-refractivity contribution in [2.45, 2.75) is 52.4 Å². The van der Waals surface area contributed by atoms with E-state index in [0.717, 1.165) is 29.6 Å². The normalized spacial score (nSPS) is 31.3. The SMILES string of the molecule is CC1CC(C)CC(C(=O)c2cc3c(s2)CCC3)C1. The summed E-state index contributed by atoms with van der Waals surface area (Å²) >= 11 is 1.78. The largest absolute Gasteiger partial charge is 0.293 e. The average molecular weight is 262 g/mol. The molecule has 0 bridgehead atoms. The van der Waals surface area contributed by atoms with Crippen molar-refractivity contribution in [3.63, 3.8) is 0 Å². The molecule has 0 aromatic carbocycles. The number of ketones is 1. The van der Waals surface area contributed by atoms with Gasteiger partial charge in [-0.2, -0.15) is 0 Å². The smallest absolute Gasteiger partial charge is 0.175 e. The number of carbonyl (C=O) groups is 1. The fourth-order valence-corrected chi connectivity index (χ4v) is 5.09. The van der Waals surface area contributed by atoms with Crippen LogP contribution in [0.15, 0.2) is 6.07 Å². The molecule has 0 N–H and O–H groups in total. The first-order chi connectivity index (χ1) is 8.63. The van der Waals surface area contributed by atoms with Crippen LogP contribution in [0.2, 0.25) is 0 Å². The second-order valence-corrected chi connectivity index (χ2v) is 7.53. The lowest BCUT2D eigenvalue weighted by Gasteiger charge is -2.30. The highest BCUT2D eigenvalue weighted by molar-refractivity contribution is 7.14. The lowest BCUT2D eigenvalue weighted by Crippen LogP contribution is -2.25. The van der Waals surface area contributed by atoms with E-state index in [2.05, 4.69) is 19.9 Å². The van der Waals surface area contributed by atoms with Crippen LogP contribution in [0.4, 0.5) is 0 Å². The highest BCUT2D eigenvalue weighted by Crippen LogP contribution is 2.37. The van der Waals surface area contributed by atoms with E-state index in [4.69, 9.17) is 0 Å². The predicted octanol–water partition coefficient (Wildman–Crippen LogP) is 4.49. The Kier molecular flexibility index (Phi) is 3.31. The molecule has 2 aliphatic rings. The van der Waals surface area contributed by atoms with Crippen molar-refractivity contribution in [1.29, 1.82) is 0 Å². The molecule has 0 aliphatic heterocycles. The van der Waals surface area contributed by atoms with Gasteiger partial charge in [-0.3, -0.25) is 4.79 Å². The third-order valence-electron chi connectivity index (χ3n) is 4.54. The van der Waals surface area contributed by atoms with Gasteiger partial charge in [-0.25, -0.2) is 0 Å². The van der Waals surface area contributed by atoms with Crippen LogP contribution in [0.1, 0.15) is 59.6 Å². The first-order valence-corrected chi connectivity index (χ1v) is 8.11. The monoisotopic (exact) mass is 262 g/mol. The van der Waals surface area contributed by atoms with Gasteiger partial charge in [0.2, 0.25) is 0 Å². The summed E-state index contributed by atoms with van der Waals surface area (Å²) in [5.74, 6) is 2.17. The Labute approximate surface area is 114 Å². The minimum atomic E-state index is 0.294. The molecule has 3 rings (SSSR count). The number of rotatable bonds is 2. The van der Waals surface area contributed by atoms with E-state index < -0.39 is 0 Å². The number of Topliss-reactive ketones (excluding diaryl/α,β-unsaturated/α-hetero) is 1. The topological polar surface area (TPSA) is 17.1 Å². The zero-order valence-electron chi connectivity index (χ0n) is 11.4. The van der Waals surface area contributed by atoms with Crippen molar-refractivity contribution in [3.8, 4) is 0 Å². The van der Waals surface area contributed by atoms with Gasteiger partial charge in [0.25, 0.3) is 0 Å². The molecule has 1 nitrogen and oxygen atoms in total. The Balaban J connectivity index is 1.77. The fraction of sp³-hybridized carbons (Fsp3) is 0.688. The molecule has 2 aliphatic carbocycles. The number of hydrogen-bond acceptors (Lipinski definition) is 2. The zero-order chi connectivity index (χ0) is 12.7. The van der Waals surface area contributed by atoms with Crippen molar-refractivity contribution < 1.29 is 4.79 Å². The van der Waals surface area contributed by atoms with Crippen LogP contribution in [0.25, 0.3) is 0 Å². The van der Waals surface area contributed by atoms with Crippen molar-refractivity contribution in [2.24, 2.45) is 17.8 Å². The molecule has 1 aromatic heterocycles. The van der Waals surface area contributed by atoms with Gasteiger partial charge >= 0.3 is 0 Å². The molecule has 0 saturated heterocycles. The molecule has 2 heteroatoms. The van der Waals surface area contributed by atoms with E-state index >= 15 is 0 Å². The lowest BCUT2D eigenvalue weighted by molar-refractivity contribution is 0.0840. The van der Waals surface area contributed by atoms with Crippen molar-refractivity contribution in [2.75, 3.05) is 0 Å². The third kappa shape index (κ3) is 2.27. The fourth-order valence-electron chi connectivity index (χ4n) is 3.81. The molecule has 1 heterocycles. The molecule has 0 amide bonds. The standard InChI is InChI=1S/C16H22OS/c1-10-6-11(2)8-13(7-10)16(17)15-9-12-4-3-5-14(12)18-15/h9-11,13H,3-8H2,1-2H3. The summed E-state index contributed by atoms with van der Waals surface area (Å²) in [5, 5.41) is 0. The van der Waals surface area contributed by atoms with Crippen LogP contribution >= 0.6 is 11.3 Å². The maximum atomic E-state index is 12.6. The summed E-state index contributed by atoms with van der Waals surface area (Å²) in [6.07, 6.45) is 7.18. The number of fused-ring (bicyclic) bond motifs is 1. The van der Waals surface area contributed by atoms with E-state index in [-0.39, 0.29) is 0 Å². The molecule has 0 radical (unpaired) electrons. The molecule has 1 fully saturated rings. The summed E-state index contributed by atoms with van der Waals surface area (Å²) in [7, 11) is 0. The van der Waals surface area contributed by atoms with Crippen LogP contribution in [-0.4, -0.2) is 5.78 Å². The predicted molar refractivity (Wildman–Crippen MR) is 76.3 cm³/mol. The van der Waals surface area contributed by atoms with E-state index in [1.807, 2.05) is 0 Å². The molecule has 18 heavy (non-hydrogen) atoms. The van der Waals surface area contributed by atoms with Gasteiger partial charge in [-0.1, -0.05) is 13.8 Å².